The van der Waals surface area contributed by atoms with Gasteiger partial charge < -0.3 is 9.47 Å². The van der Waals surface area contributed by atoms with Crippen molar-refractivity contribution in [3.05, 3.63) is 48.0 Å². The lowest BCUT2D eigenvalue weighted by Gasteiger charge is -2.21. The molecule has 0 radical (unpaired) electrons. The number of esters is 2. The van der Waals surface area contributed by atoms with Crippen molar-refractivity contribution in [2.24, 2.45) is 11.8 Å². The zero-order valence-corrected chi connectivity index (χ0v) is 16.0. The largest absolute Gasteiger partial charge is 0.462 e. The molecule has 152 valence electrons. The molecule has 1 saturated carbocycles. The summed E-state index contributed by atoms with van der Waals surface area (Å²) in [7, 11) is 0. The first kappa shape index (κ1) is 20.5. The van der Waals surface area contributed by atoms with Crippen LogP contribution in [0.1, 0.15) is 55.8 Å². The highest BCUT2D eigenvalue weighted by atomic mass is 19.3. The third-order valence-corrected chi connectivity index (χ3v) is 5.49. The van der Waals surface area contributed by atoms with Gasteiger partial charge in [-0.05, 0) is 24.6 Å². The van der Waals surface area contributed by atoms with Gasteiger partial charge in [0.2, 0.25) is 0 Å². The van der Waals surface area contributed by atoms with Gasteiger partial charge in [-0.15, -0.1) is 0 Å². The Labute approximate surface area is 163 Å². The molecule has 0 aromatic heterocycles. The van der Waals surface area contributed by atoms with Crippen LogP contribution in [0.3, 0.4) is 0 Å². The topological polar surface area (TPSA) is 52.6 Å². The Balaban J connectivity index is 1.71. The van der Waals surface area contributed by atoms with E-state index in [9.17, 15) is 18.4 Å². The number of rotatable bonds is 8. The van der Waals surface area contributed by atoms with Crippen molar-refractivity contribution in [3.63, 3.8) is 0 Å². The fourth-order valence-electron chi connectivity index (χ4n) is 4.02. The zero-order valence-electron chi connectivity index (χ0n) is 16.0. The summed E-state index contributed by atoms with van der Waals surface area (Å²) in [4.78, 5) is 24.0. The molecule has 4 atom stereocenters. The fourth-order valence-corrected chi connectivity index (χ4v) is 4.02. The molecule has 1 saturated heterocycles. The van der Waals surface area contributed by atoms with E-state index in [4.69, 9.17) is 9.47 Å². The van der Waals surface area contributed by atoms with Crippen LogP contribution < -0.4 is 0 Å². The number of halogens is 2. The zero-order chi connectivity index (χ0) is 20.1. The molecule has 3 rings (SSSR count). The summed E-state index contributed by atoms with van der Waals surface area (Å²) < 4.78 is 39.3. The summed E-state index contributed by atoms with van der Waals surface area (Å²) in [6.45, 7) is 1.97. The van der Waals surface area contributed by atoms with E-state index in [0.29, 0.717) is 18.4 Å². The summed E-state index contributed by atoms with van der Waals surface area (Å²) in [6, 6.07) is 8.55. The van der Waals surface area contributed by atoms with Gasteiger partial charge >= 0.3 is 11.9 Å². The Bertz CT molecular complexity index is 717. The minimum absolute atomic E-state index is 0.167. The van der Waals surface area contributed by atoms with Crippen molar-refractivity contribution in [1.82, 2.24) is 0 Å². The maximum absolute atomic E-state index is 14.2. The minimum Gasteiger partial charge on any atom is -0.462 e. The third-order valence-electron chi connectivity index (χ3n) is 5.49. The van der Waals surface area contributed by atoms with Crippen LogP contribution >= 0.6 is 0 Å². The predicted molar refractivity (Wildman–Crippen MR) is 100.0 cm³/mol. The highest BCUT2D eigenvalue weighted by Crippen LogP contribution is 2.44. The maximum atomic E-state index is 14.2. The van der Waals surface area contributed by atoms with Crippen LogP contribution in [0.2, 0.25) is 0 Å². The van der Waals surface area contributed by atoms with Crippen LogP contribution in [-0.4, -0.2) is 30.1 Å². The van der Waals surface area contributed by atoms with Gasteiger partial charge in [-0.2, -0.15) is 0 Å². The predicted octanol–water partition coefficient (Wildman–Crippen LogP) is 4.94. The summed E-state index contributed by atoms with van der Waals surface area (Å²) in [5.74, 6) is -4.42. The van der Waals surface area contributed by atoms with E-state index >= 15 is 0 Å². The van der Waals surface area contributed by atoms with Gasteiger partial charge in [0.05, 0.1) is 12.0 Å². The normalized spacial score (nSPS) is 27.0. The van der Waals surface area contributed by atoms with Crippen molar-refractivity contribution < 1.29 is 27.8 Å². The molecule has 28 heavy (non-hydrogen) atoms. The number of hydrogen-bond acceptors (Lipinski definition) is 4. The van der Waals surface area contributed by atoms with Crippen molar-refractivity contribution in [1.29, 1.82) is 0 Å². The van der Waals surface area contributed by atoms with E-state index in [1.54, 1.807) is 30.3 Å². The van der Waals surface area contributed by atoms with Gasteiger partial charge in [0.25, 0.3) is 5.92 Å². The van der Waals surface area contributed by atoms with Crippen LogP contribution in [-0.2, 0) is 14.3 Å². The first-order valence-corrected chi connectivity index (χ1v) is 9.92. The Kier molecular flexibility index (Phi) is 6.47. The second-order valence-corrected chi connectivity index (χ2v) is 7.60. The first-order chi connectivity index (χ1) is 13.4. The Hall–Kier alpha value is -2.24. The van der Waals surface area contributed by atoms with Crippen LogP contribution in [0.4, 0.5) is 8.78 Å². The number of unbranched alkanes of at least 4 members (excludes halogenated alkanes) is 2. The molecule has 4 nitrogen and oxygen atoms in total. The Morgan fingerprint density at radius 2 is 2.04 bits per heavy atom. The van der Waals surface area contributed by atoms with Gasteiger partial charge in [-0.1, -0.05) is 44.0 Å². The molecule has 2 fully saturated rings. The average Bonchev–Trinajstić information content (AvgIpc) is 3.16. The summed E-state index contributed by atoms with van der Waals surface area (Å²) in [5.41, 5.74) is 0.407. The van der Waals surface area contributed by atoms with Crippen LogP contribution in [0, 0.1) is 11.8 Å². The molecule has 1 aliphatic carbocycles. The molecule has 1 aliphatic heterocycles. The SMILES string of the molecule is CCCCCC(F)(F)/C=C/[C@@H]1[C@H]2CC(=O)O[C@H]2C[C@H]1OC(=O)c1ccccc1. The molecule has 1 heterocycles. The molecule has 0 bridgehead atoms. The summed E-state index contributed by atoms with van der Waals surface area (Å²) in [6.07, 6.45) is 3.78. The standard InChI is InChI=1S/C22H26F2O4/c1-2-3-7-11-22(23,24)12-10-16-17-13-20(25)27-19(17)14-18(16)28-21(26)15-8-5-4-6-9-15/h4-6,8-10,12,16-19H,2-3,7,11,13-14H2,1H3/b12-10+/t16-,17-,18-,19+/m1/s1. The minimum atomic E-state index is -2.91. The molecule has 2 aliphatic rings. The number of carbonyl (C=O) groups is 2. The quantitative estimate of drug-likeness (QED) is 0.357. The van der Waals surface area contributed by atoms with Crippen molar-refractivity contribution in [3.8, 4) is 0 Å². The molecule has 1 aromatic rings. The van der Waals surface area contributed by atoms with Gasteiger partial charge in [-0.3, -0.25) is 4.79 Å². The Morgan fingerprint density at radius 1 is 1.29 bits per heavy atom. The number of fused-ring (bicyclic) bond motifs is 1. The van der Waals surface area contributed by atoms with E-state index < -0.39 is 23.9 Å². The van der Waals surface area contributed by atoms with Crippen LogP contribution in [0.25, 0.3) is 0 Å². The lowest BCUT2D eigenvalue weighted by atomic mass is 9.91. The van der Waals surface area contributed by atoms with Crippen LogP contribution in [0.15, 0.2) is 42.5 Å². The molecule has 0 unspecified atom stereocenters. The van der Waals surface area contributed by atoms with Crippen LogP contribution in [0.5, 0.6) is 0 Å². The number of hydrogen-bond donors (Lipinski definition) is 0. The molecule has 0 spiro atoms. The van der Waals surface area contributed by atoms with E-state index in [-0.39, 0.29) is 30.8 Å². The number of ether oxygens (including phenoxy) is 2. The average molecular weight is 392 g/mol. The lowest BCUT2D eigenvalue weighted by Crippen LogP contribution is -2.25. The monoisotopic (exact) mass is 392 g/mol. The number of carbonyl (C=O) groups excluding carboxylic acids is 2. The summed E-state index contributed by atoms with van der Waals surface area (Å²) >= 11 is 0. The number of alkyl halides is 2. The van der Waals surface area contributed by atoms with E-state index in [0.717, 1.165) is 18.9 Å². The van der Waals surface area contributed by atoms with Crippen molar-refractivity contribution >= 4 is 11.9 Å². The van der Waals surface area contributed by atoms with Crippen molar-refractivity contribution in [2.75, 3.05) is 0 Å². The second kappa shape index (κ2) is 8.84. The second-order valence-electron chi connectivity index (χ2n) is 7.60. The molecule has 6 heteroatoms. The van der Waals surface area contributed by atoms with E-state index in [1.807, 2.05) is 6.92 Å². The number of allylic oxidation sites excluding steroid dienone is 1. The van der Waals surface area contributed by atoms with E-state index in [1.165, 1.54) is 6.08 Å². The smallest absolute Gasteiger partial charge is 0.338 e. The van der Waals surface area contributed by atoms with Gasteiger partial charge in [0, 0.05) is 24.7 Å². The lowest BCUT2D eigenvalue weighted by molar-refractivity contribution is -0.141. The molecule has 1 aromatic carbocycles. The highest BCUT2D eigenvalue weighted by molar-refractivity contribution is 5.89. The Morgan fingerprint density at radius 3 is 2.75 bits per heavy atom. The first-order valence-electron chi connectivity index (χ1n) is 9.92. The van der Waals surface area contributed by atoms with Crippen molar-refractivity contribution in [2.45, 2.75) is 63.6 Å². The molecular formula is C22H26F2O4. The van der Waals surface area contributed by atoms with Gasteiger partial charge in [-0.25, -0.2) is 13.6 Å². The number of benzene rings is 1. The fraction of sp³-hybridized carbons (Fsp3) is 0.545. The van der Waals surface area contributed by atoms with Gasteiger partial charge in [0.15, 0.2) is 0 Å². The summed E-state index contributed by atoms with van der Waals surface area (Å²) in [5, 5.41) is 0. The molecular weight excluding hydrogens is 366 g/mol. The van der Waals surface area contributed by atoms with E-state index in [2.05, 4.69) is 0 Å². The maximum Gasteiger partial charge on any atom is 0.338 e. The molecule has 0 N–H and O–H groups in total. The highest BCUT2D eigenvalue weighted by Gasteiger charge is 2.51. The third kappa shape index (κ3) is 4.97. The van der Waals surface area contributed by atoms with Gasteiger partial charge in [0.1, 0.15) is 12.2 Å². The molecule has 0 amide bonds.